The van der Waals surface area contributed by atoms with Crippen molar-refractivity contribution in [2.45, 2.75) is 28.8 Å². The summed E-state index contributed by atoms with van der Waals surface area (Å²) in [6.07, 6.45) is 1.92. The van der Waals surface area contributed by atoms with Gasteiger partial charge in [-0.2, -0.15) is 0 Å². The summed E-state index contributed by atoms with van der Waals surface area (Å²) in [5.74, 6) is 0. The van der Waals surface area contributed by atoms with E-state index in [0.29, 0.717) is 5.02 Å². The van der Waals surface area contributed by atoms with Crippen molar-refractivity contribution < 1.29 is 8.42 Å². The fourth-order valence-corrected chi connectivity index (χ4v) is 5.19. The Kier molecular flexibility index (Phi) is 4.88. The second-order valence-electron chi connectivity index (χ2n) is 7.01. The molecular weight excluding hydrogens is 382 g/mol. The molecular formula is C20H22ClN3O2S. The Balaban J connectivity index is 1.83. The van der Waals surface area contributed by atoms with Gasteiger partial charge < -0.3 is 10.3 Å². The Hall–Kier alpha value is -2.02. The first kappa shape index (κ1) is 18.3. The summed E-state index contributed by atoms with van der Waals surface area (Å²) in [5, 5.41) is 1.49. The minimum Gasteiger partial charge on any atom is -0.321 e. The Morgan fingerprint density at radius 2 is 1.74 bits per heavy atom. The van der Waals surface area contributed by atoms with Gasteiger partial charge in [-0.05, 0) is 63.3 Å². The predicted molar refractivity (Wildman–Crippen MR) is 109 cm³/mol. The maximum Gasteiger partial charge on any atom is 0.223 e. The van der Waals surface area contributed by atoms with Gasteiger partial charge in [-0.1, -0.05) is 35.9 Å². The van der Waals surface area contributed by atoms with Crippen molar-refractivity contribution in [3.8, 4) is 0 Å². The van der Waals surface area contributed by atoms with Gasteiger partial charge in [0.1, 0.15) is 0 Å². The van der Waals surface area contributed by atoms with Crippen LogP contribution < -0.4 is 5.43 Å². The van der Waals surface area contributed by atoms with Gasteiger partial charge in [-0.25, -0.2) is 13.1 Å². The minimum atomic E-state index is -3.68. The Bertz CT molecular complexity index is 1060. The first-order valence-electron chi connectivity index (χ1n) is 9.02. The smallest absolute Gasteiger partial charge is 0.223 e. The molecule has 0 amide bonds. The summed E-state index contributed by atoms with van der Waals surface area (Å²) in [5.41, 5.74) is 4.22. The Labute approximate surface area is 164 Å². The summed E-state index contributed by atoms with van der Waals surface area (Å²) in [4.78, 5) is 2.56. The van der Waals surface area contributed by atoms with Gasteiger partial charge in [0.25, 0.3) is 0 Å². The topological polar surface area (TPSA) is 54.3 Å². The number of hydrogen-bond donors (Lipinski definition) is 1. The lowest BCUT2D eigenvalue weighted by molar-refractivity contribution is 0.257. The molecule has 1 N–H and O–H groups in total. The number of benzene rings is 2. The average Bonchev–Trinajstić information content (AvgIpc) is 3.05. The molecule has 7 heteroatoms. The van der Waals surface area contributed by atoms with Gasteiger partial charge >= 0.3 is 0 Å². The number of rotatable bonds is 4. The number of fused-ring (bicyclic) bond motifs is 1. The zero-order valence-corrected chi connectivity index (χ0v) is 16.7. The van der Waals surface area contributed by atoms with Crippen LogP contribution in [0.25, 0.3) is 10.9 Å². The van der Waals surface area contributed by atoms with Crippen LogP contribution in [0.5, 0.6) is 0 Å². The van der Waals surface area contributed by atoms with E-state index >= 15 is 0 Å². The van der Waals surface area contributed by atoms with E-state index < -0.39 is 9.84 Å². The number of nitrogens with one attached hydrogen (secondary N) is 1. The van der Waals surface area contributed by atoms with E-state index in [1.54, 1.807) is 41.1 Å². The first-order valence-corrected chi connectivity index (χ1v) is 10.9. The van der Waals surface area contributed by atoms with E-state index in [2.05, 4.69) is 17.4 Å². The van der Waals surface area contributed by atoms with E-state index in [1.807, 2.05) is 18.2 Å². The molecule has 142 valence electrons. The molecule has 0 aliphatic carbocycles. The monoisotopic (exact) mass is 403 g/mol. The van der Waals surface area contributed by atoms with Gasteiger partial charge in [-0.3, -0.25) is 0 Å². The normalized spacial score (nSPS) is 16.7. The molecule has 1 saturated heterocycles. The van der Waals surface area contributed by atoms with Crippen molar-refractivity contribution in [3.63, 3.8) is 0 Å². The van der Waals surface area contributed by atoms with Crippen molar-refractivity contribution in [1.29, 1.82) is 0 Å². The van der Waals surface area contributed by atoms with Crippen molar-refractivity contribution >= 4 is 32.3 Å². The highest BCUT2D eigenvalue weighted by Crippen LogP contribution is 2.31. The quantitative estimate of drug-likeness (QED) is 0.720. The van der Waals surface area contributed by atoms with E-state index in [1.165, 1.54) is 0 Å². The summed E-state index contributed by atoms with van der Waals surface area (Å²) in [6.45, 7) is 1.97. The first-order chi connectivity index (χ1) is 13.0. The minimum absolute atomic E-state index is 0.209. The van der Waals surface area contributed by atoms with E-state index in [9.17, 15) is 8.42 Å². The Morgan fingerprint density at radius 1 is 1.04 bits per heavy atom. The largest absolute Gasteiger partial charge is 0.321 e. The molecule has 0 radical (unpaired) electrons. The molecule has 2 aromatic carbocycles. The molecule has 0 saturated carbocycles. The van der Waals surface area contributed by atoms with Gasteiger partial charge in [0, 0.05) is 11.4 Å². The average molecular weight is 404 g/mol. The molecule has 1 aliphatic heterocycles. The van der Waals surface area contributed by atoms with E-state index in [4.69, 9.17) is 11.6 Å². The van der Waals surface area contributed by atoms with Crippen LogP contribution in [0.4, 0.5) is 0 Å². The van der Waals surface area contributed by atoms with Crippen LogP contribution >= 0.6 is 11.6 Å². The lowest BCUT2D eigenvalue weighted by atomic mass is 10.1. The van der Waals surface area contributed by atoms with Crippen LogP contribution in [0.15, 0.2) is 64.5 Å². The maximum absolute atomic E-state index is 13.3. The van der Waals surface area contributed by atoms with Gasteiger partial charge in [-0.15, -0.1) is 0 Å². The fourth-order valence-electron chi connectivity index (χ4n) is 3.54. The van der Waals surface area contributed by atoms with Crippen LogP contribution in [-0.4, -0.2) is 44.2 Å². The third kappa shape index (κ3) is 3.45. The van der Waals surface area contributed by atoms with Crippen LogP contribution in [0.2, 0.25) is 5.02 Å². The second-order valence-corrected chi connectivity index (χ2v) is 9.32. The molecule has 27 heavy (non-hydrogen) atoms. The molecule has 0 bridgehead atoms. The number of aromatic nitrogens is 1. The van der Waals surface area contributed by atoms with Crippen LogP contribution in [0, 0.1) is 0 Å². The zero-order chi connectivity index (χ0) is 19.0. The lowest BCUT2D eigenvalue weighted by Gasteiger charge is -2.31. The van der Waals surface area contributed by atoms with Crippen LogP contribution in [0.3, 0.4) is 0 Å². The molecule has 4 rings (SSSR count). The number of halogens is 1. The molecule has 5 nitrogen and oxygen atoms in total. The highest BCUT2D eigenvalue weighted by Gasteiger charge is 2.26. The molecule has 1 aromatic heterocycles. The number of nitrogens with zero attached hydrogens (tertiary/aromatic N) is 2. The molecule has 0 spiro atoms. The summed E-state index contributed by atoms with van der Waals surface area (Å²) >= 11 is 6.36. The summed E-state index contributed by atoms with van der Waals surface area (Å²) < 4.78 is 28.3. The third-order valence-electron chi connectivity index (χ3n) is 5.12. The number of piperidine rings is 1. The molecule has 1 aliphatic rings. The number of sulfone groups is 1. The molecule has 0 atom stereocenters. The van der Waals surface area contributed by atoms with E-state index in [0.717, 1.165) is 36.8 Å². The van der Waals surface area contributed by atoms with Crippen molar-refractivity contribution in [3.05, 3.63) is 59.6 Å². The predicted octanol–water partition coefficient (Wildman–Crippen LogP) is 3.77. The number of likely N-dealkylation sites (tertiary alicyclic amines) is 1. The molecule has 2 heterocycles. The third-order valence-corrected chi connectivity index (χ3v) is 7.19. The van der Waals surface area contributed by atoms with E-state index in [-0.39, 0.29) is 16.0 Å². The van der Waals surface area contributed by atoms with Gasteiger partial charge in [0.15, 0.2) is 5.03 Å². The Morgan fingerprint density at radius 3 is 2.44 bits per heavy atom. The SMILES string of the molecule is CN1CCC(Nn2c(S(=O)(=O)c3ccccc3)cc3c(Cl)cccc32)CC1. The van der Waals surface area contributed by atoms with Crippen molar-refractivity contribution in [1.82, 2.24) is 9.58 Å². The lowest BCUT2D eigenvalue weighted by Crippen LogP contribution is -2.40. The van der Waals surface area contributed by atoms with Crippen LogP contribution in [0.1, 0.15) is 12.8 Å². The second kappa shape index (κ2) is 7.19. The van der Waals surface area contributed by atoms with Crippen molar-refractivity contribution in [2.24, 2.45) is 0 Å². The highest BCUT2D eigenvalue weighted by atomic mass is 35.5. The van der Waals surface area contributed by atoms with Crippen molar-refractivity contribution in [2.75, 3.05) is 25.6 Å². The summed E-state index contributed by atoms with van der Waals surface area (Å²) in [6, 6.07) is 15.9. The standard InChI is InChI=1S/C20H22ClN3O2S/c1-23-12-10-15(11-13-23)22-24-19-9-5-8-18(21)17(19)14-20(24)27(25,26)16-6-3-2-4-7-16/h2-9,14-15,22H,10-13H2,1H3. The van der Waals surface area contributed by atoms with Crippen LogP contribution in [-0.2, 0) is 9.84 Å². The zero-order valence-electron chi connectivity index (χ0n) is 15.1. The fraction of sp³-hybridized carbons (Fsp3) is 0.300. The number of hydrogen-bond acceptors (Lipinski definition) is 4. The summed E-state index contributed by atoms with van der Waals surface area (Å²) in [7, 11) is -1.57. The molecule has 0 unspecified atom stereocenters. The molecule has 3 aromatic rings. The highest BCUT2D eigenvalue weighted by molar-refractivity contribution is 7.91. The van der Waals surface area contributed by atoms with Gasteiger partial charge in [0.2, 0.25) is 9.84 Å². The molecule has 1 fully saturated rings. The maximum atomic E-state index is 13.3. The van der Waals surface area contributed by atoms with Gasteiger partial charge in [0.05, 0.1) is 15.4 Å².